The zero-order valence-corrected chi connectivity index (χ0v) is 19.1. The standard InChI is InChI=1S/C25H29F2N5O/c1-24-9-10-25(2,30-24)14-18(13-24)31(3)22-7-6-20(28-29-22)19-5-4-16(12-21(19)33)17-8-11-32(15-17)23(26)27/h4-8,11-12,15,18,23,30,33H,9-10,13-14H2,1-3H3/t18?,24-,25+. The van der Waals surface area contributed by atoms with Gasteiger partial charge >= 0.3 is 6.55 Å². The number of halogens is 2. The maximum Gasteiger partial charge on any atom is 0.318 e. The Kier molecular flexibility index (Phi) is 5.16. The molecule has 174 valence electrons. The molecule has 33 heavy (non-hydrogen) atoms. The second-order valence-corrected chi connectivity index (χ2v) is 10.1. The third kappa shape index (κ3) is 4.08. The predicted octanol–water partition coefficient (Wildman–Crippen LogP) is 5.21. The molecule has 0 saturated carbocycles. The number of phenolic OH excluding ortho intramolecular Hbond substituents is 1. The van der Waals surface area contributed by atoms with Gasteiger partial charge in [0.2, 0.25) is 0 Å². The largest absolute Gasteiger partial charge is 0.507 e. The number of alkyl halides is 2. The number of rotatable bonds is 5. The van der Waals surface area contributed by atoms with Crippen molar-refractivity contribution in [2.45, 2.75) is 63.2 Å². The monoisotopic (exact) mass is 453 g/mol. The van der Waals surface area contributed by atoms with E-state index in [1.165, 1.54) is 25.2 Å². The van der Waals surface area contributed by atoms with Crippen LogP contribution in [0.15, 0.2) is 48.8 Å². The minimum atomic E-state index is -2.59. The van der Waals surface area contributed by atoms with Crippen LogP contribution in [0, 0.1) is 0 Å². The first-order chi connectivity index (χ1) is 15.6. The van der Waals surface area contributed by atoms with Crippen molar-refractivity contribution in [2.75, 3.05) is 11.9 Å². The lowest BCUT2D eigenvalue weighted by Crippen LogP contribution is -2.58. The first kappa shape index (κ1) is 21.8. The number of nitrogens with zero attached hydrogens (tertiary/aromatic N) is 4. The van der Waals surface area contributed by atoms with Crippen LogP contribution in [0.5, 0.6) is 5.75 Å². The van der Waals surface area contributed by atoms with E-state index < -0.39 is 6.55 Å². The number of hydrogen-bond donors (Lipinski definition) is 2. The normalized spacial score (nSPS) is 26.7. The Morgan fingerprint density at radius 3 is 2.36 bits per heavy atom. The summed E-state index contributed by atoms with van der Waals surface area (Å²) in [7, 11) is 2.07. The molecule has 2 saturated heterocycles. The highest BCUT2D eigenvalue weighted by molar-refractivity contribution is 5.74. The minimum absolute atomic E-state index is 0.0310. The highest BCUT2D eigenvalue weighted by atomic mass is 19.3. The number of anilines is 1. The molecular weight excluding hydrogens is 424 g/mol. The molecule has 2 aromatic heterocycles. The molecule has 2 aliphatic heterocycles. The van der Waals surface area contributed by atoms with Crippen LogP contribution in [-0.4, -0.2) is 44.0 Å². The van der Waals surface area contributed by atoms with E-state index in [1.807, 2.05) is 12.1 Å². The summed E-state index contributed by atoms with van der Waals surface area (Å²) >= 11 is 0. The van der Waals surface area contributed by atoms with Crippen molar-refractivity contribution in [3.63, 3.8) is 0 Å². The maximum atomic E-state index is 12.8. The zero-order chi connectivity index (χ0) is 23.4. The summed E-state index contributed by atoms with van der Waals surface area (Å²) in [5.74, 6) is 0.838. The van der Waals surface area contributed by atoms with Gasteiger partial charge in [-0.15, -0.1) is 10.2 Å². The summed E-state index contributed by atoms with van der Waals surface area (Å²) in [5, 5.41) is 23.2. The Balaban J connectivity index is 1.34. The van der Waals surface area contributed by atoms with Gasteiger partial charge in [-0.2, -0.15) is 8.78 Å². The predicted molar refractivity (Wildman–Crippen MR) is 124 cm³/mol. The van der Waals surface area contributed by atoms with E-state index in [9.17, 15) is 13.9 Å². The van der Waals surface area contributed by atoms with Crippen LogP contribution in [0.2, 0.25) is 0 Å². The fraction of sp³-hybridized carbons (Fsp3) is 0.440. The lowest BCUT2D eigenvalue weighted by molar-refractivity contribution is 0.0707. The number of phenols is 1. The number of fused-ring (bicyclic) bond motifs is 2. The van der Waals surface area contributed by atoms with Gasteiger partial charge in [0.05, 0.1) is 5.69 Å². The molecule has 1 unspecified atom stereocenters. The van der Waals surface area contributed by atoms with Crippen LogP contribution in [0.3, 0.4) is 0 Å². The van der Waals surface area contributed by atoms with Gasteiger partial charge in [-0.1, -0.05) is 6.07 Å². The first-order valence-corrected chi connectivity index (χ1v) is 11.3. The summed E-state index contributed by atoms with van der Waals surface area (Å²) in [6.07, 6.45) is 7.20. The molecule has 4 heterocycles. The van der Waals surface area contributed by atoms with Crippen molar-refractivity contribution in [3.05, 3.63) is 48.8 Å². The topological polar surface area (TPSA) is 66.2 Å². The van der Waals surface area contributed by atoms with Gasteiger partial charge in [0, 0.05) is 42.1 Å². The van der Waals surface area contributed by atoms with Crippen LogP contribution in [0.25, 0.3) is 22.4 Å². The second kappa shape index (κ2) is 7.80. The van der Waals surface area contributed by atoms with Crippen molar-refractivity contribution in [1.29, 1.82) is 0 Å². The molecule has 2 fully saturated rings. The third-order valence-electron chi connectivity index (χ3n) is 7.31. The molecule has 2 bridgehead atoms. The van der Waals surface area contributed by atoms with Gasteiger partial charge in [-0.25, -0.2) is 0 Å². The molecule has 0 spiro atoms. The van der Waals surface area contributed by atoms with Crippen LogP contribution in [0.4, 0.5) is 14.6 Å². The van der Waals surface area contributed by atoms with Crippen molar-refractivity contribution in [2.24, 2.45) is 0 Å². The summed E-state index contributed by atoms with van der Waals surface area (Å²) in [6.45, 7) is 2.02. The van der Waals surface area contributed by atoms with Gasteiger partial charge in [0.15, 0.2) is 5.82 Å². The number of hydrogen-bond acceptors (Lipinski definition) is 5. The van der Waals surface area contributed by atoms with Gasteiger partial charge in [-0.05, 0) is 81.0 Å². The SMILES string of the molecule is CN(c1ccc(-c2ccc(-c3ccn(C(F)F)c3)cc2O)nn1)C1C[C@]2(C)CC[C@](C)(C1)N2. The van der Waals surface area contributed by atoms with Crippen LogP contribution < -0.4 is 10.2 Å². The molecule has 3 aromatic rings. The molecule has 1 aromatic carbocycles. The Morgan fingerprint density at radius 1 is 1.06 bits per heavy atom. The highest BCUT2D eigenvalue weighted by Crippen LogP contribution is 2.44. The lowest BCUT2D eigenvalue weighted by Gasteiger charge is -2.45. The maximum absolute atomic E-state index is 12.8. The highest BCUT2D eigenvalue weighted by Gasteiger charge is 2.49. The summed E-state index contributed by atoms with van der Waals surface area (Å²) in [5.41, 5.74) is 2.71. The van der Waals surface area contributed by atoms with E-state index >= 15 is 0 Å². The Labute approximate surface area is 192 Å². The average molecular weight is 454 g/mol. The van der Waals surface area contributed by atoms with Crippen molar-refractivity contribution >= 4 is 5.82 Å². The summed E-state index contributed by atoms with van der Waals surface area (Å²) < 4.78 is 26.5. The minimum Gasteiger partial charge on any atom is -0.507 e. The fourth-order valence-corrected chi connectivity index (χ4v) is 5.57. The van der Waals surface area contributed by atoms with Gasteiger partial charge in [-0.3, -0.25) is 4.57 Å². The second-order valence-electron chi connectivity index (χ2n) is 10.1. The molecule has 6 nitrogen and oxygen atoms in total. The molecular formula is C25H29F2N5O. The zero-order valence-electron chi connectivity index (χ0n) is 19.1. The number of aromatic nitrogens is 3. The van der Waals surface area contributed by atoms with Crippen LogP contribution >= 0.6 is 0 Å². The van der Waals surface area contributed by atoms with Crippen molar-refractivity contribution in [3.8, 4) is 28.1 Å². The lowest BCUT2D eigenvalue weighted by atomic mass is 9.84. The number of piperidine rings is 1. The van der Waals surface area contributed by atoms with Gasteiger partial charge in [0.25, 0.3) is 0 Å². The summed E-state index contributed by atoms with van der Waals surface area (Å²) in [4.78, 5) is 2.22. The Bertz CT molecular complexity index is 1150. The van der Waals surface area contributed by atoms with E-state index in [1.54, 1.807) is 24.3 Å². The number of aromatic hydroxyl groups is 1. The molecule has 2 aliphatic rings. The fourth-order valence-electron chi connectivity index (χ4n) is 5.57. The molecule has 5 rings (SSSR count). The quantitative estimate of drug-likeness (QED) is 0.555. The van der Waals surface area contributed by atoms with Crippen LogP contribution in [0.1, 0.15) is 46.1 Å². The molecule has 2 N–H and O–H groups in total. The van der Waals surface area contributed by atoms with E-state index in [0.717, 1.165) is 23.2 Å². The smallest absolute Gasteiger partial charge is 0.318 e. The molecule has 3 atom stereocenters. The van der Waals surface area contributed by atoms with Gasteiger partial charge in [0.1, 0.15) is 5.75 Å². The molecule has 8 heteroatoms. The summed E-state index contributed by atoms with van der Waals surface area (Å²) in [6, 6.07) is 10.9. The van der Waals surface area contributed by atoms with Crippen LogP contribution in [-0.2, 0) is 0 Å². The number of benzene rings is 1. The first-order valence-electron chi connectivity index (χ1n) is 11.3. The van der Waals surface area contributed by atoms with Crippen molar-refractivity contribution in [1.82, 2.24) is 20.1 Å². The average Bonchev–Trinajstić information content (AvgIpc) is 3.35. The molecule has 0 amide bonds. The molecule has 0 aliphatic carbocycles. The molecule has 0 radical (unpaired) electrons. The van der Waals surface area contributed by atoms with E-state index in [-0.39, 0.29) is 16.8 Å². The van der Waals surface area contributed by atoms with E-state index in [2.05, 4.69) is 41.3 Å². The van der Waals surface area contributed by atoms with Crippen molar-refractivity contribution < 1.29 is 13.9 Å². The van der Waals surface area contributed by atoms with Gasteiger partial charge < -0.3 is 15.3 Å². The van der Waals surface area contributed by atoms with E-state index in [0.29, 0.717) is 28.4 Å². The Hall–Kier alpha value is -3.00. The Morgan fingerprint density at radius 2 is 1.79 bits per heavy atom. The number of nitrogens with one attached hydrogen (secondary N) is 1. The third-order valence-corrected chi connectivity index (χ3v) is 7.31. The van der Waals surface area contributed by atoms with E-state index in [4.69, 9.17) is 0 Å².